The molecule has 1 fully saturated rings. The number of nitrogens with zero attached hydrogens (tertiary/aromatic N) is 5. The molecular formula is C22H26N6O5. The second kappa shape index (κ2) is 9.74. The maximum atomic E-state index is 13.0. The summed E-state index contributed by atoms with van der Waals surface area (Å²) in [6, 6.07) is 5.37. The molecule has 0 saturated carbocycles. The van der Waals surface area contributed by atoms with Crippen LogP contribution in [0.1, 0.15) is 23.2 Å². The highest BCUT2D eigenvalue weighted by molar-refractivity contribution is 5.92. The third-order valence-electron chi connectivity index (χ3n) is 5.85. The number of imidazole rings is 1. The molecule has 2 aromatic heterocycles. The molecule has 2 N–H and O–H groups in total. The van der Waals surface area contributed by atoms with Crippen LogP contribution in [0.5, 0.6) is 11.5 Å². The maximum Gasteiger partial charge on any atom is 0.332 e. The van der Waals surface area contributed by atoms with Crippen molar-refractivity contribution in [1.29, 1.82) is 0 Å². The summed E-state index contributed by atoms with van der Waals surface area (Å²) in [5.74, 6) is 1.41. The van der Waals surface area contributed by atoms with Gasteiger partial charge in [-0.1, -0.05) is 0 Å². The Hall–Kier alpha value is -3.86. The number of carbonyl (C=O) groups excluding carboxylic acids is 1. The van der Waals surface area contributed by atoms with Gasteiger partial charge in [-0.15, -0.1) is 0 Å². The second-order valence-corrected chi connectivity index (χ2v) is 7.79. The van der Waals surface area contributed by atoms with E-state index < -0.39 is 5.91 Å². The first-order valence-electron chi connectivity index (χ1n) is 10.6. The fourth-order valence-corrected chi connectivity index (χ4v) is 3.98. The molecule has 0 unspecified atom stereocenters. The molecule has 174 valence electrons. The van der Waals surface area contributed by atoms with Gasteiger partial charge in [0.2, 0.25) is 5.95 Å². The molecule has 0 radical (unpaired) electrons. The highest BCUT2D eigenvalue weighted by Crippen LogP contribution is 2.28. The molecule has 3 heterocycles. The Morgan fingerprint density at radius 3 is 2.45 bits per heavy atom. The van der Waals surface area contributed by atoms with Crippen LogP contribution in [0.25, 0.3) is 5.69 Å². The third-order valence-corrected chi connectivity index (χ3v) is 5.85. The Kier molecular flexibility index (Phi) is 6.59. The average Bonchev–Trinajstić information content (AvgIpc) is 3.23. The van der Waals surface area contributed by atoms with E-state index >= 15 is 0 Å². The number of hydroxylamine groups is 1. The number of amides is 1. The van der Waals surface area contributed by atoms with Crippen molar-refractivity contribution in [2.24, 2.45) is 5.92 Å². The molecule has 0 spiro atoms. The van der Waals surface area contributed by atoms with Crippen LogP contribution in [0.4, 0.5) is 5.95 Å². The van der Waals surface area contributed by atoms with Crippen LogP contribution >= 0.6 is 0 Å². The van der Waals surface area contributed by atoms with Crippen molar-refractivity contribution in [3.8, 4) is 17.2 Å². The fourth-order valence-electron chi connectivity index (χ4n) is 3.98. The van der Waals surface area contributed by atoms with Gasteiger partial charge in [0.1, 0.15) is 0 Å². The number of hydrogen-bond donors (Lipinski definition) is 2. The van der Waals surface area contributed by atoms with Crippen LogP contribution in [0, 0.1) is 5.92 Å². The molecule has 1 aliphatic heterocycles. The van der Waals surface area contributed by atoms with Crippen molar-refractivity contribution in [3.63, 3.8) is 0 Å². The summed E-state index contributed by atoms with van der Waals surface area (Å²) in [5, 5.41) is 8.69. The van der Waals surface area contributed by atoms with E-state index in [1.165, 1.54) is 12.4 Å². The number of piperidine rings is 1. The van der Waals surface area contributed by atoms with E-state index in [4.69, 9.17) is 14.7 Å². The van der Waals surface area contributed by atoms with Crippen molar-refractivity contribution in [3.05, 3.63) is 59.0 Å². The quantitative estimate of drug-likeness (QED) is 0.406. The van der Waals surface area contributed by atoms with Crippen LogP contribution in [-0.4, -0.2) is 57.5 Å². The SMILES string of the molecule is COc1ccc(-n2ccn(CC3CCN(c4ncc(C(=O)NO)cn4)CC3)c2=O)cc1OC. The molecule has 1 amide bonds. The molecule has 11 nitrogen and oxygen atoms in total. The Morgan fingerprint density at radius 1 is 1.12 bits per heavy atom. The maximum absolute atomic E-state index is 13.0. The minimum absolute atomic E-state index is 0.106. The lowest BCUT2D eigenvalue weighted by molar-refractivity contribution is 0.0705. The lowest BCUT2D eigenvalue weighted by atomic mass is 9.97. The van der Waals surface area contributed by atoms with Crippen LogP contribution in [0.2, 0.25) is 0 Å². The predicted molar refractivity (Wildman–Crippen MR) is 119 cm³/mol. The Labute approximate surface area is 190 Å². The van der Waals surface area contributed by atoms with Gasteiger partial charge in [-0.3, -0.25) is 19.1 Å². The summed E-state index contributed by atoms with van der Waals surface area (Å²) in [5.41, 5.74) is 2.36. The van der Waals surface area contributed by atoms with Crippen molar-refractivity contribution in [1.82, 2.24) is 24.6 Å². The van der Waals surface area contributed by atoms with Gasteiger partial charge >= 0.3 is 5.69 Å². The summed E-state index contributed by atoms with van der Waals surface area (Å²) >= 11 is 0. The summed E-state index contributed by atoms with van der Waals surface area (Å²) in [6.45, 7) is 2.13. The molecule has 11 heteroatoms. The highest BCUT2D eigenvalue weighted by Gasteiger charge is 2.22. The molecule has 33 heavy (non-hydrogen) atoms. The minimum atomic E-state index is -0.647. The number of methoxy groups -OCH3 is 2. The van der Waals surface area contributed by atoms with Crippen molar-refractivity contribution in [2.45, 2.75) is 19.4 Å². The van der Waals surface area contributed by atoms with Gasteiger partial charge in [0, 0.05) is 50.5 Å². The van der Waals surface area contributed by atoms with Crippen molar-refractivity contribution in [2.75, 3.05) is 32.2 Å². The summed E-state index contributed by atoms with van der Waals surface area (Å²) in [7, 11) is 3.13. The van der Waals surface area contributed by atoms with E-state index in [2.05, 4.69) is 14.9 Å². The Morgan fingerprint density at radius 2 is 1.82 bits per heavy atom. The number of rotatable bonds is 7. The zero-order chi connectivity index (χ0) is 23.4. The van der Waals surface area contributed by atoms with E-state index in [-0.39, 0.29) is 11.3 Å². The van der Waals surface area contributed by atoms with E-state index in [1.807, 2.05) is 6.07 Å². The smallest absolute Gasteiger partial charge is 0.332 e. The van der Waals surface area contributed by atoms with Gasteiger partial charge < -0.3 is 14.4 Å². The standard InChI is InChI=1S/C22H26N6O5/c1-32-18-4-3-17(11-19(18)33-2)28-10-9-27(22(28)30)14-15-5-7-26(8-6-15)21-23-12-16(13-24-21)20(29)25-31/h3-4,9-13,15,31H,5-8,14H2,1-2H3,(H,25,29). The van der Waals surface area contributed by atoms with Crippen LogP contribution < -0.4 is 25.5 Å². The van der Waals surface area contributed by atoms with Gasteiger partial charge in [-0.05, 0) is 30.9 Å². The zero-order valence-corrected chi connectivity index (χ0v) is 18.5. The van der Waals surface area contributed by atoms with Gasteiger partial charge in [0.15, 0.2) is 11.5 Å². The first-order chi connectivity index (χ1) is 16.0. The average molecular weight is 454 g/mol. The topological polar surface area (TPSA) is 124 Å². The highest BCUT2D eigenvalue weighted by atomic mass is 16.5. The van der Waals surface area contributed by atoms with Gasteiger partial charge in [-0.25, -0.2) is 20.2 Å². The second-order valence-electron chi connectivity index (χ2n) is 7.79. The number of aromatic nitrogens is 4. The van der Waals surface area contributed by atoms with Crippen LogP contribution in [0.3, 0.4) is 0 Å². The predicted octanol–water partition coefficient (Wildman–Crippen LogP) is 1.48. The Balaban J connectivity index is 1.39. The molecule has 0 aliphatic carbocycles. The van der Waals surface area contributed by atoms with Gasteiger partial charge in [0.25, 0.3) is 5.91 Å². The number of benzene rings is 1. The van der Waals surface area contributed by atoms with Crippen LogP contribution in [0.15, 0.2) is 47.8 Å². The zero-order valence-electron chi connectivity index (χ0n) is 18.5. The van der Waals surface area contributed by atoms with Crippen LogP contribution in [-0.2, 0) is 6.54 Å². The lowest BCUT2D eigenvalue weighted by Gasteiger charge is -2.31. The first-order valence-corrected chi connectivity index (χ1v) is 10.6. The minimum Gasteiger partial charge on any atom is -0.493 e. The number of carbonyl (C=O) groups is 1. The van der Waals surface area contributed by atoms with Gasteiger partial charge in [0.05, 0.1) is 25.5 Å². The molecule has 0 bridgehead atoms. The summed E-state index contributed by atoms with van der Waals surface area (Å²) in [4.78, 5) is 34.9. The number of nitrogens with one attached hydrogen (secondary N) is 1. The summed E-state index contributed by atoms with van der Waals surface area (Å²) in [6.07, 6.45) is 8.11. The third kappa shape index (κ3) is 4.67. The number of anilines is 1. The van der Waals surface area contributed by atoms with E-state index in [0.29, 0.717) is 35.6 Å². The number of hydrogen-bond acceptors (Lipinski definition) is 8. The summed E-state index contributed by atoms with van der Waals surface area (Å²) < 4.78 is 13.9. The molecule has 3 aromatic rings. The normalized spacial score (nSPS) is 14.2. The molecule has 0 atom stereocenters. The molecule has 1 aromatic carbocycles. The van der Waals surface area contributed by atoms with Gasteiger partial charge in [-0.2, -0.15) is 0 Å². The van der Waals surface area contributed by atoms with Crippen molar-refractivity contribution >= 4 is 11.9 Å². The van der Waals surface area contributed by atoms with E-state index in [0.717, 1.165) is 25.9 Å². The van der Waals surface area contributed by atoms with E-state index in [1.54, 1.807) is 53.4 Å². The lowest BCUT2D eigenvalue weighted by Crippen LogP contribution is -2.37. The van der Waals surface area contributed by atoms with E-state index in [9.17, 15) is 9.59 Å². The Bertz CT molecular complexity index is 1160. The monoisotopic (exact) mass is 454 g/mol. The fraction of sp³-hybridized carbons (Fsp3) is 0.364. The number of ether oxygens (including phenoxy) is 2. The molecule has 1 saturated heterocycles. The first kappa shape index (κ1) is 22.3. The van der Waals surface area contributed by atoms with Crippen molar-refractivity contribution < 1.29 is 19.5 Å². The molecule has 1 aliphatic rings. The molecule has 4 rings (SSSR count). The molecular weight excluding hydrogens is 428 g/mol. The largest absolute Gasteiger partial charge is 0.493 e.